The number of hydrogen-bond acceptors (Lipinski definition) is 5. The first-order valence-electron chi connectivity index (χ1n) is 12.4. The molecule has 0 saturated carbocycles. The Labute approximate surface area is 206 Å². The lowest BCUT2D eigenvalue weighted by Crippen LogP contribution is -2.61. The molecule has 0 aromatic heterocycles. The van der Waals surface area contributed by atoms with Crippen LogP contribution in [0.3, 0.4) is 0 Å². The van der Waals surface area contributed by atoms with Gasteiger partial charge >= 0.3 is 0 Å². The number of rotatable bonds is 7. The number of carbonyl (C=O) groups is 3. The molecule has 35 heavy (non-hydrogen) atoms. The smallest absolute Gasteiger partial charge is 0.247 e. The molecule has 0 radical (unpaired) electrons. The molecule has 2 aromatic carbocycles. The normalized spacial score (nSPS) is 23.2. The number of fused-ring (bicyclic) bond motifs is 1. The van der Waals surface area contributed by atoms with Gasteiger partial charge in [-0.2, -0.15) is 0 Å². The zero-order chi connectivity index (χ0) is 24.8. The maximum absolute atomic E-state index is 13.7. The Morgan fingerprint density at radius 3 is 2.20 bits per heavy atom. The number of amides is 3. The van der Waals surface area contributed by atoms with Gasteiger partial charge in [0.05, 0.1) is 12.1 Å². The Morgan fingerprint density at radius 1 is 0.971 bits per heavy atom. The lowest BCUT2D eigenvalue weighted by atomic mass is 9.98. The fourth-order valence-electron chi connectivity index (χ4n) is 4.97. The lowest BCUT2D eigenvalue weighted by Gasteiger charge is -2.36. The van der Waals surface area contributed by atoms with Crippen molar-refractivity contribution in [2.24, 2.45) is 0 Å². The molecule has 2 saturated heterocycles. The zero-order valence-electron chi connectivity index (χ0n) is 20.4. The molecule has 8 heteroatoms. The van der Waals surface area contributed by atoms with Gasteiger partial charge in [-0.1, -0.05) is 60.7 Å². The number of carbonyl (C=O) groups excluding carboxylic acids is 3. The fourth-order valence-corrected chi connectivity index (χ4v) is 4.97. The van der Waals surface area contributed by atoms with Gasteiger partial charge in [0, 0.05) is 12.6 Å². The second-order valence-corrected chi connectivity index (χ2v) is 9.32. The van der Waals surface area contributed by atoms with Gasteiger partial charge in [0.1, 0.15) is 12.1 Å². The topological polar surface area (TPSA) is 103 Å². The molecule has 186 valence electrons. The van der Waals surface area contributed by atoms with Crippen molar-refractivity contribution in [2.45, 2.75) is 56.4 Å². The van der Waals surface area contributed by atoms with Crippen molar-refractivity contribution in [1.82, 2.24) is 26.2 Å². The lowest BCUT2D eigenvalue weighted by molar-refractivity contribution is -0.144. The molecule has 2 aliphatic heterocycles. The summed E-state index contributed by atoms with van der Waals surface area (Å²) < 4.78 is 0. The van der Waals surface area contributed by atoms with Crippen LogP contribution in [0.2, 0.25) is 0 Å². The van der Waals surface area contributed by atoms with Crippen LogP contribution in [-0.2, 0) is 14.4 Å². The van der Waals surface area contributed by atoms with E-state index < -0.39 is 18.1 Å². The monoisotopic (exact) mass is 477 g/mol. The Kier molecular flexibility index (Phi) is 8.15. The van der Waals surface area contributed by atoms with E-state index in [0.717, 1.165) is 30.5 Å². The predicted molar refractivity (Wildman–Crippen MR) is 134 cm³/mol. The molecule has 4 rings (SSSR count). The van der Waals surface area contributed by atoms with Gasteiger partial charge in [0.2, 0.25) is 17.7 Å². The van der Waals surface area contributed by atoms with Crippen molar-refractivity contribution in [3.8, 4) is 0 Å². The molecule has 4 atom stereocenters. The summed E-state index contributed by atoms with van der Waals surface area (Å²) >= 11 is 0. The third kappa shape index (κ3) is 5.71. The van der Waals surface area contributed by atoms with Crippen LogP contribution < -0.4 is 21.3 Å². The average Bonchev–Trinajstić information content (AvgIpc) is 3.31. The van der Waals surface area contributed by atoms with Crippen molar-refractivity contribution in [3.05, 3.63) is 71.8 Å². The van der Waals surface area contributed by atoms with Gasteiger partial charge in [0.15, 0.2) is 0 Å². The molecular weight excluding hydrogens is 442 g/mol. The van der Waals surface area contributed by atoms with Gasteiger partial charge in [0.25, 0.3) is 0 Å². The van der Waals surface area contributed by atoms with Gasteiger partial charge in [-0.3, -0.25) is 14.4 Å². The van der Waals surface area contributed by atoms with Crippen molar-refractivity contribution < 1.29 is 14.4 Å². The van der Waals surface area contributed by atoms with Crippen LogP contribution in [0, 0.1) is 0 Å². The zero-order valence-corrected chi connectivity index (χ0v) is 20.4. The highest BCUT2D eigenvalue weighted by atomic mass is 16.2. The number of likely N-dealkylation sites (N-methyl/N-ethyl adjacent to an activating group) is 1. The standard InChI is InChI=1S/C27H35N5O3/c1-18(28-2)25(33)30-22-17-29-16-15-21-13-14-23(32(21)27(22)35)26(34)31-24(19-9-5-3-6-10-19)20-11-7-4-8-12-20/h3-12,18,21-24,28-29H,13-17H2,1-2H3,(H,30,33)(H,31,34)/t18-,21+,22-,23?/m0/s1. The van der Waals surface area contributed by atoms with Crippen molar-refractivity contribution in [1.29, 1.82) is 0 Å². The molecule has 0 spiro atoms. The van der Waals surface area contributed by atoms with Gasteiger partial charge in [-0.05, 0) is 50.9 Å². The molecule has 1 unspecified atom stereocenters. The van der Waals surface area contributed by atoms with Gasteiger partial charge in [-0.25, -0.2) is 0 Å². The van der Waals surface area contributed by atoms with E-state index >= 15 is 0 Å². The predicted octanol–water partition coefficient (Wildman–Crippen LogP) is 1.34. The minimum absolute atomic E-state index is 0.0286. The Bertz CT molecular complexity index is 976. The van der Waals surface area contributed by atoms with Crippen molar-refractivity contribution >= 4 is 17.7 Å². The Hall–Kier alpha value is -3.23. The number of benzene rings is 2. The van der Waals surface area contributed by atoms with Crippen LogP contribution in [0.5, 0.6) is 0 Å². The highest BCUT2D eigenvalue weighted by Crippen LogP contribution is 2.30. The van der Waals surface area contributed by atoms with E-state index in [2.05, 4.69) is 21.3 Å². The molecular formula is C27H35N5O3. The molecule has 2 aliphatic rings. The minimum atomic E-state index is -0.714. The van der Waals surface area contributed by atoms with Gasteiger partial charge < -0.3 is 26.2 Å². The first-order chi connectivity index (χ1) is 17.0. The van der Waals surface area contributed by atoms with Crippen LogP contribution in [-0.4, -0.2) is 66.9 Å². The van der Waals surface area contributed by atoms with E-state index in [9.17, 15) is 14.4 Å². The molecule has 2 heterocycles. The summed E-state index contributed by atoms with van der Waals surface area (Å²) in [6.45, 7) is 2.82. The highest BCUT2D eigenvalue weighted by Gasteiger charge is 2.44. The van der Waals surface area contributed by atoms with Crippen LogP contribution in [0.4, 0.5) is 0 Å². The molecule has 3 amide bonds. The SMILES string of the molecule is CN[C@@H](C)C(=O)N[C@H]1CNCC[C@H]2CCC(C(=O)NC(c3ccccc3)c3ccccc3)N2C1=O. The molecule has 4 N–H and O–H groups in total. The van der Waals surface area contributed by atoms with Crippen LogP contribution in [0.1, 0.15) is 43.4 Å². The summed E-state index contributed by atoms with van der Waals surface area (Å²) in [6.07, 6.45) is 2.15. The summed E-state index contributed by atoms with van der Waals surface area (Å²) in [6, 6.07) is 17.7. The molecule has 0 aliphatic carbocycles. The van der Waals surface area contributed by atoms with Crippen molar-refractivity contribution in [2.75, 3.05) is 20.1 Å². The molecule has 8 nitrogen and oxygen atoms in total. The summed E-state index contributed by atoms with van der Waals surface area (Å²) in [7, 11) is 1.70. The van der Waals surface area contributed by atoms with E-state index in [4.69, 9.17) is 0 Å². The number of nitrogens with one attached hydrogen (secondary N) is 4. The highest BCUT2D eigenvalue weighted by molar-refractivity contribution is 5.94. The van der Waals surface area contributed by atoms with E-state index in [-0.39, 0.29) is 29.8 Å². The number of hydrogen-bond donors (Lipinski definition) is 4. The number of nitrogens with zero attached hydrogens (tertiary/aromatic N) is 1. The van der Waals surface area contributed by atoms with E-state index in [0.29, 0.717) is 13.0 Å². The van der Waals surface area contributed by atoms with Crippen LogP contribution in [0.15, 0.2) is 60.7 Å². The largest absolute Gasteiger partial charge is 0.343 e. The summed E-state index contributed by atoms with van der Waals surface area (Å²) in [5.41, 5.74) is 1.96. The molecule has 0 bridgehead atoms. The van der Waals surface area contributed by atoms with E-state index in [1.165, 1.54) is 0 Å². The second kappa shape index (κ2) is 11.5. The third-order valence-corrected chi connectivity index (χ3v) is 7.06. The van der Waals surface area contributed by atoms with Crippen LogP contribution in [0.25, 0.3) is 0 Å². The minimum Gasteiger partial charge on any atom is -0.343 e. The average molecular weight is 478 g/mol. The van der Waals surface area contributed by atoms with Gasteiger partial charge in [-0.15, -0.1) is 0 Å². The van der Waals surface area contributed by atoms with Crippen molar-refractivity contribution in [3.63, 3.8) is 0 Å². The first kappa shape index (κ1) is 24.9. The first-order valence-corrected chi connectivity index (χ1v) is 12.4. The second-order valence-electron chi connectivity index (χ2n) is 9.32. The fraction of sp³-hybridized carbons (Fsp3) is 0.444. The Balaban J connectivity index is 1.55. The summed E-state index contributed by atoms with van der Waals surface area (Å²) in [4.78, 5) is 41.5. The quantitative estimate of drug-likeness (QED) is 0.482. The Morgan fingerprint density at radius 2 is 1.60 bits per heavy atom. The maximum Gasteiger partial charge on any atom is 0.247 e. The van der Waals surface area contributed by atoms with E-state index in [1.807, 2.05) is 60.7 Å². The summed E-state index contributed by atoms with van der Waals surface area (Å²) in [5, 5.41) is 12.3. The maximum atomic E-state index is 13.7. The summed E-state index contributed by atoms with van der Waals surface area (Å²) in [5.74, 6) is -0.605. The molecule has 2 fully saturated rings. The third-order valence-electron chi connectivity index (χ3n) is 7.06. The van der Waals surface area contributed by atoms with Crippen LogP contribution >= 0.6 is 0 Å². The van der Waals surface area contributed by atoms with E-state index in [1.54, 1.807) is 18.9 Å². The molecule has 2 aromatic rings.